The molecule has 0 aliphatic carbocycles. The molecule has 2 unspecified atom stereocenters. The van der Waals surface area contributed by atoms with Crippen LogP contribution in [0.2, 0.25) is 0 Å². The van der Waals surface area contributed by atoms with Gasteiger partial charge in [-0.1, -0.05) is 34.3 Å². The van der Waals surface area contributed by atoms with E-state index in [0.717, 1.165) is 10.9 Å². The molecule has 12 heavy (non-hydrogen) atoms. The number of hydrogen-bond donors (Lipinski definition) is 1. The topological polar surface area (TPSA) is 12.0 Å². The van der Waals surface area contributed by atoms with E-state index in [2.05, 4.69) is 39.6 Å². The SMILES string of the molecule is C=C1NC(C(C)C)C(C(C)C)S1. The first-order valence-corrected chi connectivity index (χ1v) is 5.52. The Kier molecular flexibility index (Phi) is 3.10. The molecule has 0 radical (unpaired) electrons. The monoisotopic (exact) mass is 185 g/mol. The summed E-state index contributed by atoms with van der Waals surface area (Å²) in [6.07, 6.45) is 0. The summed E-state index contributed by atoms with van der Waals surface area (Å²) < 4.78 is 0. The molecule has 0 bridgehead atoms. The summed E-state index contributed by atoms with van der Waals surface area (Å²) in [6.45, 7) is 13.1. The quantitative estimate of drug-likeness (QED) is 0.710. The van der Waals surface area contributed by atoms with Gasteiger partial charge < -0.3 is 5.32 Å². The van der Waals surface area contributed by atoms with Crippen LogP contribution in [0, 0.1) is 11.8 Å². The maximum absolute atomic E-state index is 3.97. The number of nitrogens with one attached hydrogen (secondary N) is 1. The molecule has 0 spiro atoms. The van der Waals surface area contributed by atoms with Crippen molar-refractivity contribution < 1.29 is 0 Å². The second-order valence-corrected chi connectivity index (χ2v) is 5.44. The summed E-state index contributed by atoms with van der Waals surface area (Å²) in [6, 6.07) is 0.613. The van der Waals surface area contributed by atoms with Crippen molar-refractivity contribution in [3.05, 3.63) is 11.6 Å². The second kappa shape index (κ2) is 3.73. The highest BCUT2D eigenvalue weighted by molar-refractivity contribution is 8.03. The highest BCUT2D eigenvalue weighted by Gasteiger charge is 2.33. The molecule has 1 fully saturated rings. The van der Waals surface area contributed by atoms with E-state index in [4.69, 9.17) is 0 Å². The normalized spacial score (nSPS) is 30.0. The lowest BCUT2D eigenvalue weighted by Crippen LogP contribution is -2.37. The molecule has 1 saturated heterocycles. The smallest absolute Gasteiger partial charge is 0.0614 e. The van der Waals surface area contributed by atoms with Gasteiger partial charge in [0.1, 0.15) is 0 Å². The van der Waals surface area contributed by atoms with Crippen molar-refractivity contribution in [2.45, 2.75) is 39.0 Å². The van der Waals surface area contributed by atoms with E-state index in [9.17, 15) is 0 Å². The van der Waals surface area contributed by atoms with Crippen LogP contribution in [0.3, 0.4) is 0 Å². The maximum Gasteiger partial charge on any atom is 0.0614 e. The van der Waals surface area contributed by atoms with E-state index in [1.54, 1.807) is 0 Å². The Bertz CT molecular complexity index is 157. The van der Waals surface area contributed by atoms with Crippen LogP contribution in [0.1, 0.15) is 27.7 Å². The van der Waals surface area contributed by atoms with E-state index in [1.165, 1.54) is 0 Å². The lowest BCUT2D eigenvalue weighted by molar-refractivity contribution is 0.392. The molecule has 70 valence electrons. The van der Waals surface area contributed by atoms with Crippen molar-refractivity contribution in [3.63, 3.8) is 0 Å². The number of rotatable bonds is 2. The molecule has 1 N–H and O–H groups in total. The van der Waals surface area contributed by atoms with Gasteiger partial charge in [-0.15, -0.1) is 11.8 Å². The van der Waals surface area contributed by atoms with Gasteiger partial charge in [0.15, 0.2) is 0 Å². The molecule has 0 aromatic rings. The molecular weight excluding hydrogens is 166 g/mol. The van der Waals surface area contributed by atoms with Crippen LogP contribution in [0.5, 0.6) is 0 Å². The van der Waals surface area contributed by atoms with Crippen LogP contribution in [-0.2, 0) is 0 Å². The zero-order valence-electron chi connectivity index (χ0n) is 8.42. The van der Waals surface area contributed by atoms with E-state index in [1.807, 2.05) is 11.8 Å². The average molecular weight is 185 g/mol. The van der Waals surface area contributed by atoms with Crippen molar-refractivity contribution in [3.8, 4) is 0 Å². The minimum absolute atomic E-state index is 0.613. The maximum atomic E-state index is 3.97. The Morgan fingerprint density at radius 3 is 2.17 bits per heavy atom. The molecule has 0 aromatic carbocycles. The number of hydrogen-bond acceptors (Lipinski definition) is 2. The predicted molar refractivity (Wildman–Crippen MR) is 57.1 cm³/mol. The molecule has 1 heterocycles. The third-order valence-corrected chi connectivity index (χ3v) is 3.85. The van der Waals surface area contributed by atoms with E-state index in [-0.39, 0.29) is 0 Å². The molecule has 0 amide bonds. The summed E-state index contributed by atoms with van der Waals surface area (Å²) in [7, 11) is 0. The fraction of sp³-hybridized carbons (Fsp3) is 0.800. The van der Waals surface area contributed by atoms with Crippen LogP contribution in [-0.4, -0.2) is 11.3 Å². The van der Waals surface area contributed by atoms with Crippen LogP contribution >= 0.6 is 11.8 Å². The van der Waals surface area contributed by atoms with Gasteiger partial charge in [0, 0.05) is 11.3 Å². The predicted octanol–water partition coefficient (Wildman–Crippen LogP) is 2.84. The van der Waals surface area contributed by atoms with Crippen LogP contribution in [0.25, 0.3) is 0 Å². The standard InChI is InChI=1S/C10H19NS/c1-6(2)9-10(7(3)4)12-8(5)11-9/h6-7,9-11H,5H2,1-4H3. The zero-order chi connectivity index (χ0) is 9.30. The zero-order valence-corrected chi connectivity index (χ0v) is 9.24. The summed E-state index contributed by atoms with van der Waals surface area (Å²) >= 11 is 1.90. The van der Waals surface area contributed by atoms with Gasteiger partial charge in [-0.25, -0.2) is 0 Å². The van der Waals surface area contributed by atoms with Crippen LogP contribution in [0.15, 0.2) is 11.6 Å². The average Bonchev–Trinajstić information content (AvgIpc) is 2.31. The first kappa shape index (κ1) is 9.97. The lowest BCUT2D eigenvalue weighted by atomic mass is 9.94. The van der Waals surface area contributed by atoms with Crippen molar-refractivity contribution in [1.82, 2.24) is 5.32 Å². The van der Waals surface area contributed by atoms with Gasteiger partial charge in [-0.2, -0.15) is 0 Å². The third kappa shape index (κ3) is 1.98. The third-order valence-electron chi connectivity index (χ3n) is 2.34. The summed E-state index contributed by atoms with van der Waals surface area (Å²) in [4.78, 5) is 0. The van der Waals surface area contributed by atoms with Gasteiger partial charge in [-0.05, 0) is 11.8 Å². The van der Waals surface area contributed by atoms with Crippen molar-refractivity contribution in [2.24, 2.45) is 11.8 Å². The summed E-state index contributed by atoms with van der Waals surface area (Å²) in [5.41, 5.74) is 0. The van der Waals surface area contributed by atoms with E-state index < -0.39 is 0 Å². The summed E-state index contributed by atoms with van der Waals surface area (Å²) in [5, 5.41) is 5.30. The Labute approximate surface area is 80.0 Å². The van der Waals surface area contributed by atoms with Crippen LogP contribution in [0.4, 0.5) is 0 Å². The lowest BCUT2D eigenvalue weighted by Gasteiger charge is -2.24. The van der Waals surface area contributed by atoms with Gasteiger partial charge in [-0.3, -0.25) is 0 Å². The molecule has 1 aliphatic heterocycles. The van der Waals surface area contributed by atoms with Gasteiger partial charge in [0.25, 0.3) is 0 Å². The number of thioether (sulfide) groups is 1. The molecule has 2 atom stereocenters. The van der Waals surface area contributed by atoms with Crippen molar-refractivity contribution >= 4 is 11.8 Å². The van der Waals surface area contributed by atoms with E-state index in [0.29, 0.717) is 17.2 Å². The Morgan fingerprint density at radius 2 is 1.83 bits per heavy atom. The molecule has 1 rings (SSSR count). The van der Waals surface area contributed by atoms with Gasteiger partial charge >= 0.3 is 0 Å². The summed E-state index contributed by atoms with van der Waals surface area (Å²) in [5.74, 6) is 1.43. The second-order valence-electron chi connectivity index (χ2n) is 4.16. The fourth-order valence-corrected chi connectivity index (χ4v) is 2.97. The first-order chi connectivity index (χ1) is 5.52. The molecule has 2 heteroatoms. The van der Waals surface area contributed by atoms with Gasteiger partial charge in [0.2, 0.25) is 0 Å². The Morgan fingerprint density at radius 1 is 1.25 bits per heavy atom. The highest BCUT2D eigenvalue weighted by Crippen LogP contribution is 2.36. The minimum Gasteiger partial charge on any atom is -0.376 e. The first-order valence-electron chi connectivity index (χ1n) is 4.64. The fourth-order valence-electron chi connectivity index (χ4n) is 1.64. The van der Waals surface area contributed by atoms with Gasteiger partial charge in [0.05, 0.1) is 5.03 Å². The largest absolute Gasteiger partial charge is 0.376 e. The van der Waals surface area contributed by atoms with Crippen molar-refractivity contribution in [2.75, 3.05) is 0 Å². The van der Waals surface area contributed by atoms with Crippen LogP contribution < -0.4 is 5.32 Å². The molecule has 1 nitrogen and oxygen atoms in total. The Hall–Kier alpha value is -0.110. The molecule has 0 aromatic heterocycles. The minimum atomic E-state index is 0.613. The highest BCUT2D eigenvalue weighted by atomic mass is 32.2. The van der Waals surface area contributed by atoms with E-state index >= 15 is 0 Å². The molecular formula is C10H19NS. The Balaban J connectivity index is 2.65. The molecule has 1 aliphatic rings. The molecule has 0 saturated carbocycles. The van der Waals surface area contributed by atoms with Crippen molar-refractivity contribution in [1.29, 1.82) is 0 Å².